The number of para-hydroxylation sites is 2. The van der Waals surface area contributed by atoms with Gasteiger partial charge in [0, 0.05) is 44.5 Å². The molecule has 46 heavy (non-hydrogen) atoms. The van der Waals surface area contributed by atoms with Gasteiger partial charge in [0.05, 0.1) is 28.4 Å². The first kappa shape index (κ1) is 30.9. The summed E-state index contributed by atoms with van der Waals surface area (Å²) in [5.41, 5.74) is 11.7. The molecule has 0 fully saturated rings. The molecule has 6 nitrogen and oxygen atoms in total. The summed E-state index contributed by atoms with van der Waals surface area (Å²) in [6.45, 7) is 8.93. The van der Waals surface area contributed by atoms with Crippen LogP contribution in [0.3, 0.4) is 0 Å². The largest absolute Gasteiger partial charge is 0.496 e. The smallest absolute Gasteiger partial charge is 0.161 e. The second kappa shape index (κ2) is 12.7. The molecule has 0 atom stereocenters. The fraction of sp³-hybridized carbons (Fsp3) is 0.250. The van der Waals surface area contributed by atoms with E-state index in [0.29, 0.717) is 11.5 Å². The Morgan fingerprint density at radius 2 is 0.696 bits per heavy atom. The third kappa shape index (κ3) is 5.60. The zero-order valence-corrected chi connectivity index (χ0v) is 27.8. The van der Waals surface area contributed by atoms with Crippen molar-refractivity contribution in [3.63, 3.8) is 0 Å². The number of fused-ring (bicyclic) bond motifs is 12. The molecule has 6 rings (SSSR count). The molecule has 0 aliphatic carbocycles. The van der Waals surface area contributed by atoms with E-state index in [4.69, 9.17) is 28.4 Å². The fourth-order valence-electron chi connectivity index (χ4n) is 6.58. The lowest BCUT2D eigenvalue weighted by Crippen LogP contribution is -2.06. The minimum atomic E-state index is 0.284. The average Bonchev–Trinajstić information content (AvgIpc) is 3.04. The predicted molar refractivity (Wildman–Crippen MR) is 183 cm³/mol. The SMILES string of the molecule is COc1c2cc(C)cc1-c1cc(C)cc(c1OC)-c1cc(C)cc(c1OC)-c1cc(C)cc(c1OC)COc1ccccc1OC2. The van der Waals surface area contributed by atoms with Crippen molar-refractivity contribution in [2.24, 2.45) is 0 Å². The van der Waals surface area contributed by atoms with Crippen molar-refractivity contribution in [2.45, 2.75) is 40.9 Å². The van der Waals surface area contributed by atoms with Crippen LogP contribution in [0.2, 0.25) is 0 Å². The molecule has 8 bridgehead atoms. The molecule has 0 N–H and O–H groups in total. The van der Waals surface area contributed by atoms with E-state index in [1.165, 1.54) is 0 Å². The topological polar surface area (TPSA) is 55.4 Å². The van der Waals surface area contributed by atoms with Gasteiger partial charge in [-0.15, -0.1) is 0 Å². The highest BCUT2D eigenvalue weighted by atomic mass is 16.5. The number of hydrogen-bond acceptors (Lipinski definition) is 6. The molecule has 6 heteroatoms. The molecule has 0 saturated carbocycles. The standard InChI is InChI=1S/C40H40O6/c1-23-13-27-21-45-35-11-9-10-12-36(35)46-22-28-14-24(2)16-30(38(28)42-6)32-18-26(4)20-34(40(32)44-8)33-19-25(3)17-31(39(33)43-7)29(15-23)37(27)41-5/h9-20H,21-22H2,1-8H3. The summed E-state index contributed by atoms with van der Waals surface area (Å²) in [4.78, 5) is 0. The summed E-state index contributed by atoms with van der Waals surface area (Å²) in [6.07, 6.45) is 0. The Balaban J connectivity index is 1.73. The summed E-state index contributed by atoms with van der Waals surface area (Å²) in [5, 5.41) is 0. The molecule has 1 heterocycles. The third-order valence-electron chi connectivity index (χ3n) is 8.39. The molecule has 5 aromatic carbocycles. The van der Waals surface area contributed by atoms with Crippen LogP contribution in [-0.4, -0.2) is 28.4 Å². The monoisotopic (exact) mass is 616 g/mol. The van der Waals surface area contributed by atoms with Gasteiger partial charge >= 0.3 is 0 Å². The van der Waals surface area contributed by atoms with E-state index in [9.17, 15) is 0 Å². The molecule has 0 spiro atoms. The van der Waals surface area contributed by atoms with Crippen molar-refractivity contribution in [3.05, 3.63) is 106 Å². The summed E-state index contributed by atoms with van der Waals surface area (Å²) < 4.78 is 37.6. The van der Waals surface area contributed by atoms with Crippen molar-refractivity contribution in [1.82, 2.24) is 0 Å². The molecule has 1 aliphatic heterocycles. The highest BCUT2D eigenvalue weighted by Gasteiger charge is 2.25. The first-order valence-electron chi connectivity index (χ1n) is 15.3. The van der Waals surface area contributed by atoms with Crippen LogP contribution in [0.25, 0.3) is 33.4 Å². The van der Waals surface area contributed by atoms with Crippen LogP contribution in [0, 0.1) is 27.7 Å². The quantitative estimate of drug-likeness (QED) is 0.201. The Kier molecular flexibility index (Phi) is 8.55. The normalized spacial score (nSPS) is 12.1. The van der Waals surface area contributed by atoms with Crippen LogP contribution < -0.4 is 28.4 Å². The number of aryl methyl sites for hydroxylation is 4. The minimum absolute atomic E-state index is 0.284. The second-order valence-electron chi connectivity index (χ2n) is 11.8. The van der Waals surface area contributed by atoms with Crippen LogP contribution in [0.4, 0.5) is 0 Å². The maximum atomic E-state index is 6.43. The van der Waals surface area contributed by atoms with Gasteiger partial charge in [0.25, 0.3) is 0 Å². The van der Waals surface area contributed by atoms with E-state index in [0.717, 1.165) is 89.8 Å². The summed E-state index contributed by atoms with van der Waals surface area (Å²) in [5.74, 6) is 4.20. The van der Waals surface area contributed by atoms with E-state index in [1.807, 2.05) is 24.3 Å². The zero-order valence-electron chi connectivity index (χ0n) is 27.8. The Bertz CT molecular complexity index is 1800. The Morgan fingerprint density at radius 1 is 0.413 bits per heavy atom. The Morgan fingerprint density at radius 3 is 1.00 bits per heavy atom. The van der Waals surface area contributed by atoms with Crippen LogP contribution in [0.15, 0.2) is 72.8 Å². The van der Waals surface area contributed by atoms with Crippen LogP contribution in [0.1, 0.15) is 33.4 Å². The lowest BCUT2D eigenvalue weighted by Gasteiger charge is -2.23. The molecular formula is C40H40O6. The highest BCUT2D eigenvalue weighted by molar-refractivity contribution is 5.92. The van der Waals surface area contributed by atoms with Gasteiger partial charge in [0.15, 0.2) is 11.5 Å². The van der Waals surface area contributed by atoms with Crippen molar-refractivity contribution in [2.75, 3.05) is 28.4 Å². The average molecular weight is 617 g/mol. The van der Waals surface area contributed by atoms with E-state index in [2.05, 4.69) is 76.2 Å². The van der Waals surface area contributed by atoms with Crippen molar-refractivity contribution in [1.29, 1.82) is 0 Å². The molecular weight excluding hydrogens is 576 g/mol. The minimum Gasteiger partial charge on any atom is -0.496 e. The Hall–Kier alpha value is -5.10. The summed E-state index contributed by atoms with van der Waals surface area (Å²) in [6, 6.07) is 24.8. The molecule has 0 unspecified atom stereocenters. The zero-order chi connectivity index (χ0) is 32.5. The fourth-order valence-corrected chi connectivity index (χ4v) is 6.58. The van der Waals surface area contributed by atoms with Crippen LogP contribution in [-0.2, 0) is 13.2 Å². The lowest BCUT2D eigenvalue weighted by atomic mass is 9.89. The number of rotatable bonds is 4. The summed E-state index contributed by atoms with van der Waals surface area (Å²) in [7, 11) is 6.82. The van der Waals surface area contributed by atoms with Gasteiger partial charge < -0.3 is 28.4 Å². The third-order valence-corrected chi connectivity index (χ3v) is 8.39. The lowest BCUT2D eigenvalue weighted by molar-refractivity contribution is 0.250. The van der Waals surface area contributed by atoms with Gasteiger partial charge in [0.1, 0.15) is 36.2 Å². The van der Waals surface area contributed by atoms with Gasteiger partial charge in [-0.1, -0.05) is 12.1 Å². The molecule has 0 aromatic heterocycles. The highest BCUT2D eigenvalue weighted by Crippen LogP contribution is 2.50. The van der Waals surface area contributed by atoms with Crippen molar-refractivity contribution >= 4 is 0 Å². The second-order valence-corrected chi connectivity index (χ2v) is 11.8. The van der Waals surface area contributed by atoms with E-state index >= 15 is 0 Å². The van der Waals surface area contributed by atoms with Gasteiger partial charge in [-0.3, -0.25) is 0 Å². The van der Waals surface area contributed by atoms with Crippen LogP contribution in [0.5, 0.6) is 34.5 Å². The van der Waals surface area contributed by atoms with E-state index in [-0.39, 0.29) is 13.2 Å². The number of methoxy groups -OCH3 is 4. The number of ether oxygens (including phenoxy) is 6. The van der Waals surface area contributed by atoms with E-state index in [1.54, 1.807) is 28.4 Å². The molecule has 0 saturated heterocycles. The van der Waals surface area contributed by atoms with E-state index < -0.39 is 0 Å². The molecule has 0 radical (unpaired) electrons. The first-order chi connectivity index (χ1) is 22.3. The van der Waals surface area contributed by atoms with Crippen LogP contribution >= 0.6 is 0 Å². The maximum Gasteiger partial charge on any atom is 0.161 e. The van der Waals surface area contributed by atoms with Gasteiger partial charge in [-0.25, -0.2) is 0 Å². The molecule has 1 aliphatic rings. The summed E-state index contributed by atoms with van der Waals surface area (Å²) >= 11 is 0. The predicted octanol–water partition coefficient (Wildman–Crippen LogP) is 9.43. The molecule has 5 aromatic rings. The molecule has 0 amide bonds. The molecule has 236 valence electrons. The van der Waals surface area contributed by atoms with Crippen molar-refractivity contribution in [3.8, 4) is 67.9 Å². The Labute approximate surface area is 271 Å². The van der Waals surface area contributed by atoms with Gasteiger partial charge in [-0.2, -0.15) is 0 Å². The number of hydrogen-bond donors (Lipinski definition) is 0. The maximum absolute atomic E-state index is 6.43. The van der Waals surface area contributed by atoms with Crippen molar-refractivity contribution < 1.29 is 28.4 Å². The number of benzene rings is 5. The first-order valence-corrected chi connectivity index (χ1v) is 15.3. The van der Waals surface area contributed by atoms with Gasteiger partial charge in [-0.05, 0) is 111 Å². The van der Waals surface area contributed by atoms with Gasteiger partial charge in [0.2, 0.25) is 0 Å².